The Morgan fingerprint density at radius 3 is 2.75 bits per heavy atom. The Bertz CT molecular complexity index is 698. The molecule has 2 aromatic rings. The van der Waals surface area contributed by atoms with Crippen molar-refractivity contribution in [1.82, 2.24) is 14.9 Å². The van der Waals surface area contributed by atoms with E-state index in [0.29, 0.717) is 23.6 Å². The lowest BCUT2D eigenvalue weighted by Crippen LogP contribution is -2.38. The Balaban J connectivity index is 1.88. The lowest BCUT2D eigenvalue weighted by atomic mass is 10.1. The summed E-state index contributed by atoms with van der Waals surface area (Å²) in [5.74, 6) is 0.535. The van der Waals surface area contributed by atoms with Crippen LogP contribution < -0.4 is 14.8 Å². The first-order valence-corrected chi connectivity index (χ1v) is 7.56. The van der Waals surface area contributed by atoms with Crippen LogP contribution >= 0.6 is 0 Å². The van der Waals surface area contributed by atoms with Crippen molar-refractivity contribution in [2.24, 2.45) is 0 Å². The van der Waals surface area contributed by atoms with Crippen molar-refractivity contribution >= 4 is 11.7 Å². The molecule has 0 bridgehead atoms. The summed E-state index contributed by atoms with van der Waals surface area (Å²) in [4.78, 5) is 27.3. The number of methoxy groups -OCH3 is 1. The quantitative estimate of drug-likeness (QED) is 0.744. The standard InChI is InChI=1S/C17H21N3O4/c1-12(9-20-7-6-18-11-20)19-17(22)10-24-15-5-4-14(13(2)21)8-16(15)23-3/h4-8,11-12H,9-10H2,1-3H3,(H,19,22)/t12-/m0/s1. The first kappa shape index (κ1) is 17.5. The summed E-state index contributed by atoms with van der Waals surface area (Å²) < 4.78 is 12.6. The van der Waals surface area contributed by atoms with Gasteiger partial charge in [-0.3, -0.25) is 9.59 Å². The van der Waals surface area contributed by atoms with E-state index in [1.54, 1.807) is 30.7 Å². The summed E-state index contributed by atoms with van der Waals surface area (Å²) in [5.41, 5.74) is 0.526. The molecule has 0 aliphatic carbocycles. The number of nitrogens with one attached hydrogen (secondary N) is 1. The highest BCUT2D eigenvalue weighted by molar-refractivity contribution is 5.94. The maximum atomic E-state index is 12.0. The Hall–Kier alpha value is -2.83. The lowest BCUT2D eigenvalue weighted by molar-refractivity contribution is -0.123. The van der Waals surface area contributed by atoms with E-state index in [1.165, 1.54) is 14.0 Å². The number of carbonyl (C=O) groups is 2. The third-order valence-corrected chi connectivity index (χ3v) is 3.38. The molecule has 1 atom stereocenters. The van der Waals surface area contributed by atoms with E-state index >= 15 is 0 Å². The second kappa shape index (κ2) is 8.14. The third kappa shape index (κ3) is 4.84. The zero-order valence-electron chi connectivity index (χ0n) is 14.0. The summed E-state index contributed by atoms with van der Waals surface area (Å²) in [6, 6.07) is 4.80. The number of benzene rings is 1. The Labute approximate surface area is 140 Å². The predicted octanol–water partition coefficient (Wildman–Crippen LogP) is 1.68. The molecule has 0 aliphatic rings. The van der Waals surface area contributed by atoms with Crippen LogP contribution in [0.3, 0.4) is 0 Å². The van der Waals surface area contributed by atoms with Crippen LogP contribution in [-0.2, 0) is 11.3 Å². The van der Waals surface area contributed by atoms with E-state index < -0.39 is 0 Å². The summed E-state index contributed by atoms with van der Waals surface area (Å²) in [6.45, 7) is 3.87. The summed E-state index contributed by atoms with van der Waals surface area (Å²) in [5, 5.41) is 2.85. The molecule has 7 heteroatoms. The number of hydrogen-bond donors (Lipinski definition) is 1. The van der Waals surface area contributed by atoms with Gasteiger partial charge < -0.3 is 19.4 Å². The lowest BCUT2D eigenvalue weighted by Gasteiger charge is -2.15. The fraction of sp³-hybridized carbons (Fsp3) is 0.353. The van der Waals surface area contributed by atoms with E-state index in [0.717, 1.165) is 0 Å². The SMILES string of the molecule is COc1cc(C(C)=O)ccc1OCC(=O)N[C@@H](C)Cn1ccnc1. The number of ketones is 1. The molecule has 0 aliphatic heterocycles. The van der Waals surface area contributed by atoms with Gasteiger partial charge in [-0.1, -0.05) is 0 Å². The minimum absolute atomic E-state index is 0.0581. The number of amides is 1. The highest BCUT2D eigenvalue weighted by atomic mass is 16.5. The monoisotopic (exact) mass is 331 g/mol. The maximum absolute atomic E-state index is 12.0. The normalized spacial score (nSPS) is 11.6. The topological polar surface area (TPSA) is 82.5 Å². The van der Waals surface area contributed by atoms with Gasteiger partial charge in [0.15, 0.2) is 23.9 Å². The second-order valence-electron chi connectivity index (χ2n) is 5.44. The molecule has 0 saturated heterocycles. The van der Waals surface area contributed by atoms with Crippen LogP contribution in [0, 0.1) is 0 Å². The molecule has 1 amide bonds. The number of aromatic nitrogens is 2. The van der Waals surface area contributed by atoms with Crippen LogP contribution in [0.4, 0.5) is 0 Å². The molecule has 0 radical (unpaired) electrons. The third-order valence-electron chi connectivity index (χ3n) is 3.38. The number of hydrogen-bond acceptors (Lipinski definition) is 5. The van der Waals surface area contributed by atoms with Crippen LogP contribution in [0.2, 0.25) is 0 Å². The van der Waals surface area contributed by atoms with Crippen LogP contribution in [-0.4, -0.2) is 41.0 Å². The highest BCUT2D eigenvalue weighted by Gasteiger charge is 2.12. The average molecular weight is 331 g/mol. The van der Waals surface area contributed by atoms with E-state index in [1.807, 2.05) is 17.7 Å². The molecular formula is C17H21N3O4. The van der Waals surface area contributed by atoms with E-state index in [9.17, 15) is 9.59 Å². The number of rotatable bonds is 8. The van der Waals surface area contributed by atoms with Crippen LogP contribution in [0.15, 0.2) is 36.9 Å². The van der Waals surface area contributed by atoms with Gasteiger partial charge in [0.05, 0.1) is 13.4 Å². The molecule has 0 fully saturated rings. The molecule has 0 unspecified atom stereocenters. The Morgan fingerprint density at radius 2 is 2.12 bits per heavy atom. The summed E-state index contributed by atoms with van der Waals surface area (Å²) in [6.07, 6.45) is 5.22. The van der Waals surface area contributed by atoms with Gasteiger partial charge in [0.2, 0.25) is 0 Å². The smallest absolute Gasteiger partial charge is 0.258 e. The zero-order chi connectivity index (χ0) is 17.5. The molecule has 1 N–H and O–H groups in total. The van der Waals surface area contributed by atoms with E-state index in [4.69, 9.17) is 9.47 Å². The van der Waals surface area contributed by atoms with Gasteiger partial charge in [-0.2, -0.15) is 0 Å². The van der Waals surface area contributed by atoms with Crippen molar-refractivity contribution in [3.05, 3.63) is 42.5 Å². The van der Waals surface area contributed by atoms with Crippen LogP contribution in [0.1, 0.15) is 24.2 Å². The largest absolute Gasteiger partial charge is 0.493 e. The molecule has 0 saturated carbocycles. The van der Waals surface area contributed by atoms with E-state index in [-0.39, 0.29) is 24.3 Å². The van der Waals surface area contributed by atoms with Gasteiger partial charge in [-0.25, -0.2) is 4.98 Å². The van der Waals surface area contributed by atoms with Crippen molar-refractivity contribution < 1.29 is 19.1 Å². The summed E-state index contributed by atoms with van der Waals surface area (Å²) in [7, 11) is 1.49. The highest BCUT2D eigenvalue weighted by Crippen LogP contribution is 2.28. The van der Waals surface area contributed by atoms with Gasteiger partial charge in [-0.15, -0.1) is 0 Å². The molecule has 2 rings (SSSR count). The van der Waals surface area contributed by atoms with Gasteiger partial charge in [0.1, 0.15) is 0 Å². The van der Waals surface area contributed by atoms with Crippen LogP contribution in [0.5, 0.6) is 11.5 Å². The average Bonchev–Trinajstić information content (AvgIpc) is 3.05. The molecule has 7 nitrogen and oxygen atoms in total. The second-order valence-corrected chi connectivity index (χ2v) is 5.44. The first-order valence-electron chi connectivity index (χ1n) is 7.56. The predicted molar refractivity (Wildman–Crippen MR) is 88.3 cm³/mol. The number of Topliss-reactive ketones (excluding diaryl/α,β-unsaturated/α-hetero) is 1. The van der Waals surface area contributed by atoms with E-state index in [2.05, 4.69) is 10.3 Å². The molecule has 1 aromatic heterocycles. The molecule has 24 heavy (non-hydrogen) atoms. The number of imidazole rings is 1. The molecule has 1 aromatic carbocycles. The number of nitrogens with zero attached hydrogens (tertiary/aromatic N) is 2. The molecule has 1 heterocycles. The minimum Gasteiger partial charge on any atom is -0.493 e. The van der Waals surface area contributed by atoms with Gasteiger partial charge in [-0.05, 0) is 32.0 Å². The van der Waals surface area contributed by atoms with Gasteiger partial charge in [0.25, 0.3) is 5.91 Å². The fourth-order valence-corrected chi connectivity index (χ4v) is 2.22. The fourth-order valence-electron chi connectivity index (χ4n) is 2.22. The number of carbonyl (C=O) groups excluding carboxylic acids is 2. The van der Waals surface area contributed by atoms with Crippen LogP contribution in [0.25, 0.3) is 0 Å². The molecule has 0 spiro atoms. The van der Waals surface area contributed by atoms with Crippen molar-refractivity contribution in [3.8, 4) is 11.5 Å². The van der Waals surface area contributed by atoms with Gasteiger partial charge >= 0.3 is 0 Å². The Kier molecular flexibility index (Phi) is 5.95. The van der Waals surface area contributed by atoms with Crippen molar-refractivity contribution in [2.75, 3.05) is 13.7 Å². The number of ether oxygens (including phenoxy) is 2. The van der Waals surface area contributed by atoms with Gasteiger partial charge in [0, 0.05) is 30.5 Å². The molecule has 128 valence electrons. The van der Waals surface area contributed by atoms with Crippen molar-refractivity contribution in [2.45, 2.75) is 26.4 Å². The first-order chi connectivity index (χ1) is 11.5. The zero-order valence-corrected chi connectivity index (χ0v) is 14.0. The summed E-state index contributed by atoms with van der Waals surface area (Å²) >= 11 is 0. The van der Waals surface area contributed by atoms with Crippen molar-refractivity contribution in [1.29, 1.82) is 0 Å². The Morgan fingerprint density at radius 1 is 1.33 bits per heavy atom. The maximum Gasteiger partial charge on any atom is 0.258 e. The minimum atomic E-state index is -0.236. The van der Waals surface area contributed by atoms with Crippen molar-refractivity contribution in [3.63, 3.8) is 0 Å². The molecular weight excluding hydrogens is 310 g/mol.